The topological polar surface area (TPSA) is 32.3 Å². The molecule has 1 saturated heterocycles. The molecule has 0 saturated carbocycles. The molecule has 2 aromatic rings. The number of rotatable bonds is 5. The van der Waals surface area contributed by atoms with Crippen molar-refractivity contribution < 1.29 is 4.79 Å². The molecule has 1 N–H and O–H groups in total. The zero-order chi connectivity index (χ0) is 15.4. The summed E-state index contributed by atoms with van der Waals surface area (Å²) in [5, 5.41) is 5.02. The van der Waals surface area contributed by atoms with Gasteiger partial charge in [-0.25, -0.2) is 0 Å². The molecule has 1 fully saturated rings. The predicted molar refractivity (Wildman–Crippen MR) is 91.2 cm³/mol. The molecule has 1 amide bonds. The Labute approximate surface area is 136 Å². The Morgan fingerprint density at radius 2 is 1.91 bits per heavy atom. The molecule has 1 aliphatic heterocycles. The number of nitrogens with zero attached hydrogens (tertiary/aromatic N) is 1. The van der Waals surface area contributed by atoms with Crippen LogP contribution in [0.4, 0.5) is 0 Å². The SMILES string of the molecule is Cc1ccsc1C(=O)NCc1ccccc1CN1CCCC1. The van der Waals surface area contributed by atoms with Crippen LogP contribution in [0.15, 0.2) is 35.7 Å². The summed E-state index contributed by atoms with van der Waals surface area (Å²) in [5.74, 6) is 0.0310. The minimum absolute atomic E-state index is 0.0310. The minimum Gasteiger partial charge on any atom is -0.347 e. The highest BCUT2D eigenvalue weighted by Gasteiger charge is 2.14. The van der Waals surface area contributed by atoms with Crippen LogP contribution in [0.25, 0.3) is 0 Å². The number of aryl methyl sites for hydroxylation is 1. The Morgan fingerprint density at radius 1 is 1.18 bits per heavy atom. The van der Waals surface area contributed by atoms with Crippen LogP contribution in [0.1, 0.15) is 39.2 Å². The first-order valence-electron chi connectivity index (χ1n) is 7.85. The molecule has 3 rings (SSSR count). The van der Waals surface area contributed by atoms with Crippen LogP contribution in [0, 0.1) is 6.92 Å². The van der Waals surface area contributed by atoms with Crippen molar-refractivity contribution in [2.45, 2.75) is 32.9 Å². The molecule has 3 nitrogen and oxygen atoms in total. The summed E-state index contributed by atoms with van der Waals surface area (Å²) in [6.07, 6.45) is 2.60. The molecular formula is C18H22N2OS. The Bertz CT molecular complexity index is 644. The predicted octanol–water partition coefficient (Wildman–Crippen LogP) is 3.58. The van der Waals surface area contributed by atoms with Crippen LogP contribution < -0.4 is 5.32 Å². The molecule has 0 spiro atoms. The molecule has 2 heterocycles. The number of carbonyl (C=O) groups excluding carboxylic acids is 1. The van der Waals surface area contributed by atoms with Gasteiger partial charge in [0.25, 0.3) is 5.91 Å². The summed E-state index contributed by atoms with van der Waals surface area (Å²) < 4.78 is 0. The Hall–Kier alpha value is -1.65. The maximum atomic E-state index is 12.2. The number of thiophene rings is 1. The fraction of sp³-hybridized carbons (Fsp3) is 0.389. The monoisotopic (exact) mass is 314 g/mol. The lowest BCUT2D eigenvalue weighted by Crippen LogP contribution is -2.24. The number of hydrogen-bond donors (Lipinski definition) is 1. The Balaban J connectivity index is 1.64. The highest BCUT2D eigenvalue weighted by molar-refractivity contribution is 7.12. The molecule has 116 valence electrons. The van der Waals surface area contributed by atoms with Crippen molar-refractivity contribution in [3.05, 3.63) is 57.3 Å². The smallest absolute Gasteiger partial charge is 0.261 e. The highest BCUT2D eigenvalue weighted by Crippen LogP contribution is 2.18. The van der Waals surface area contributed by atoms with Gasteiger partial charge in [0.1, 0.15) is 0 Å². The van der Waals surface area contributed by atoms with Gasteiger partial charge in [0, 0.05) is 13.1 Å². The van der Waals surface area contributed by atoms with Gasteiger partial charge in [-0.15, -0.1) is 11.3 Å². The van der Waals surface area contributed by atoms with Gasteiger partial charge in [0.2, 0.25) is 0 Å². The van der Waals surface area contributed by atoms with Crippen LogP contribution in [0.2, 0.25) is 0 Å². The first-order chi connectivity index (χ1) is 10.7. The van der Waals surface area contributed by atoms with Crippen LogP contribution in [0.5, 0.6) is 0 Å². The summed E-state index contributed by atoms with van der Waals surface area (Å²) in [4.78, 5) is 15.6. The van der Waals surface area contributed by atoms with E-state index in [4.69, 9.17) is 0 Å². The van der Waals surface area contributed by atoms with Crippen molar-refractivity contribution in [1.82, 2.24) is 10.2 Å². The minimum atomic E-state index is 0.0310. The average Bonchev–Trinajstić information content (AvgIpc) is 3.17. The summed E-state index contributed by atoms with van der Waals surface area (Å²) >= 11 is 1.50. The molecule has 1 aromatic carbocycles. The van der Waals surface area contributed by atoms with E-state index in [1.165, 1.54) is 48.4 Å². The van der Waals surface area contributed by atoms with E-state index in [0.29, 0.717) is 6.54 Å². The lowest BCUT2D eigenvalue weighted by atomic mass is 10.1. The Kier molecular flexibility index (Phi) is 4.90. The molecule has 0 aliphatic carbocycles. The van der Waals surface area contributed by atoms with Crippen LogP contribution in [-0.2, 0) is 13.1 Å². The number of amides is 1. The van der Waals surface area contributed by atoms with Gasteiger partial charge in [-0.1, -0.05) is 24.3 Å². The summed E-state index contributed by atoms with van der Waals surface area (Å²) in [5.41, 5.74) is 3.59. The number of benzene rings is 1. The standard InChI is InChI=1S/C18H22N2OS/c1-14-8-11-22-17(14)18(21)19-12-15-6-2-3-7-16(15)13-20-9-4-5-10-20/h2-3,6-8,11H,4-5,9-10,12-13H2,1H3,(H,19,21). The van der Waals surface area contributed by atoms with Crippen molar-refractivity contribution in [2.75, 3.05) is 13.1 Å². The third-order valence-electron chi connectivity index (χ3n) is 4.22. The molecule has 0 bridgehead atoms. The summed E-state index contributed by atoms with van der Waals surface area (Å²) in [7, 11) is 0. The second-order valence-corrected chi connectivity index (χ2v) is 6.78. The maximum absolute atomic E-state index is 12.2. The summed E-state index contributed by atoms with van der Waals surface area (Å²) in [6.45, 7) is 5.95. The molecule has 4 heteroatoms. The average molecular weight is 314 g/mol. The first kappa shape index (κ1) is 15.3. The fourth-order valence-corrected chi connectivity index (χ4v) is 3.77. The lowest BCUT2D eigenvalue weighted by molar-refractivity contribution is 0.0954. The molecule has 22 heavy (non-hydrogen) atoms. The van der Waals surface area contributed by atoms with E-state index in [9.17, 15) is 4.79 Å². The van der Waals surface area contributed by atoms with Crippen molar-refractivity contribution in [3.8, 4) is 0 Å². The number of likely N-dealkylation sites (tertiary alicyclic amines) is 1. The van der Waals surface area contributed by atoms with E-state index in [0.717, 1.165) is 17.0 Å². The van der Waals surface area contributed by atoms with Crippen molar-refractivity contribution in [3.63, 3.8) is 0 Å². The van der Waals surface area contributed by atoms with Gasteiger partial charge in [0.05, 0.1) is 4.88 Å². The van der Waals surface area contributed by atoms with Gasteiger partial charge in [-0.05, 0) is 61.0 Å². The molecule has 0 unspecified atom stereocenters. The van der Waals surface area contributed by atoms with Gasteiger partial charge >= 0.3 is 0 Å². The van der Waals surface area contributed by atoms with E-state index >= 15 is 0 Å². The third kappa shape index (κ3) is 3.57. The van der Waals surface area contributed by atoms with E-state index < -0.39 is 0 Å². The van der Waals surface area contributed by atoms with Gasteiger partial charge in [-0.3, -0.25) is 9.69 Å². The third-order valence-corrected chi connectivity index (χ3v) is 5.23. The highest BCUT2D eigenvalue weighted by atomic mass is 32.1. The van der Waals surface area contributed by atoms with E-state index in [-0.39, 0.29) is 5.91 Å². The van der Waals surface area contributed by atoms with E-state index in [2.05, 4.69) is 28.4 Å². The second-order valence-electron chi connectivity index (χ2n) is 5.87. The second kappa shape index (κ2) is 7.07. The Morgan fingerprint density at radius 3 is 2.59 bits per heavy atom. The lowest BCUT2D eigenvalue weighted by Gasteiger charge is -2.17. The molecule has 0 atom stereocenters. The number of carbonyl (C=O) groups is 1. The number of hydrogen-bond acceptors (Lipinski definition) is 3. The molecule has 1 aromatic heterocycles. The molecule has 1 aliphatic rings. The fourth-order valence-electron chi connectivity index (χ4n) is 2.93. The number of nitrogens with one attached hydrogen (secondary N) is 1. The van der Waals surface area contributed by atoms with Gasteiger partial charge in [0.15, 0.2) is 0 Å². The zero-order valence-electron chi connectivity index (χ0n) is 13.0. The molecular weight excluding hydrogens is 292 g/mol. The largest absolute Gasteiger partial charge is 0.347 e. The first-order valence-corrected chi connectivity index (χ1v) is 8.73. The zero-order valence-corrected chi connectivity index (χ0v) is 13.8. The van der Waals surface area contributed by atoms with Crippen LogP contribution in [0.3, 0.4) is 0 Å². The summed E-state index contributed by atoms with van der Waals surface area (Å²) in [6, 6.07) is 10.4. The normalized spacial score (nSPS) is 15.1. The van der Waals surface area contributed by atoms with Crippen molar-refractivity contribution >= 4 is 17.2 Å². The van der Waals surface area contributed by atoms with Crippen LogP contribution in [-0.4, -0.2) is 23.9 Å². The van der Waals surface area contributed by atoms with Crippen molar-refractivity contribution in [1.29, 1.82) is 0 Å². The van der Waals surface area contributed by atoms with E-state index in [1.54, 1.807) is 0 Å². The maximum Gasteiger partial charge on any atom is 0.261 e. The van der Waals surface area contributed by atoms with Crippen molar-refractivity contribution in [2.24, 2.45) is 0 Å². The van der Waals surface area contributed by atoms with Gasteiger partial charge < -0.3 is 5.32 Å². The van der Waals surface area contributed by atoms with Gasteiger partial charge in [-0.2, -0.15) is 0 Å². The van der Waals surface area contributed by atoms with Crippen LogP contribution >= 0.6 is 11.3 Å². The van der Waals surface area contributed by atoms with E-state index in [1.807, 2.05) is 24.4 Å². The quantitative estimate of drug-likeness (QED) is 0.915. The molecule has 0 radical (unpaired) electrons.